The first-order valence-corrected chi connectivity index (χ1v) is 10.2. The lowest BCUT2D eigenvalue weighted by Crippen LogP contribution is -2.34. The number of hydrogen-bond acceptors (Lipinski definition) is 5. The van der Waals surface area contributed by atoms with Crippen molar-refractivity contribution in [3.63, 3.8) is 0 Å². The average Bonchev–Trinajstić information content (AvgIpc) is 3.04. The molecule has 1 aliphatic heterocycles. The van der Waals surface area contributed by atoms with E-state index in [-0.39, 0.29) is 0 Å². The molecule has 0 bridgehead atoms. The smallest absolute Gasteiger partial charge is 0.252 e. The molecule has 2 aromatic rings. The van der Waals surface area contributed by atoms with Gasteiger partial charge in [-0.15, -0.1) is 11.3 Å². The van der Waals surface area contributed by atoms with Crippen LogP contribution in [-0.4, -0.2) is 43.8 Å². The van der Waals surface area contributed by atoms with Crippen molar-refractivity contribution in [3.8, 4) is 6.07 Å². The molecule has 24 heavy (non-hydrogen) atoms. The Kier molecular flexibility index (Phi) is 5.31. The lowest BCUT2D eigenvalue weighted by molar-refractivity contribution is 0.278. The number of thiophene rings is 1. The van der Waals surface area contributed by atoms with Gasteiger partial charge in [0.2, 0.25) is 0 Å². The molecule has 2 heterocycles. The quantitative estimate of drug-likeness (QED) is 0.839. The highest BCUT2D eigenvalue weighted by molar-refractivity contribution is 7.91. The average molecular weight is 361 g/mol. The van der Waals surface area contributed by atoms with Crippen molar-refractivity contribution in [3.05, 3.63) is 52.9 Å². The predicted octanol–water partition coefficient (Wildman–Crippen LogP) is 2.52. The van der Waals surface area contributed by atoms with Gasteiger partial charge in [0, 0.05) is 26.2 Å². The molecule has 126 valence electrons. The minimum Gasteiger partial charge on any atom is -0.298 e. The van der Waals surface area contributed by atoms with Gasteiger partial charge in [0.15, 0.2) is 0 Å². The van der Waals surface area contributed by atoms with Crippen molar-refractivity contribution in [1.82, 2.24) is 9.21 Å². The number of benzene rings is 1. The summed E-state index contributed by atoms with van der Waals surface area (Å²) in [4.78, 5) is 2.27. The van der Waals surface area contributed by atoms with Crippen LogP contribution < -0.4 is 0 Å². The molecule has 1 aliphatic rings. The summed E-state index contributed by atoms with van der Waals surface area (Å²) < 4.78 is 27.3. The van der Waals surface area contributed by atoms with E-state index in [1.165, 1.54) is 11.3 Å². The molecule has 1 fully saturated rings. The lowest BCUT2D eigenvalue weighted by Gasteiger charge is -2.21. The van der Waals surface area contributed by atoms with Crippen LogP contribution in [0.4, 0.5) is 0 Å². The minimum absolute atomic E-state index is 0.419. The first kappa shape index (κ1) is 17.1. The van der Waals surface area contributed by atoms with Crippen molar-refractivity contribution < 1.29 is 8.42 Å². The number of hydrogen-bond donors (Lipinski definition) is 0. The second kappa shape index (κ2) is 7.45. The summed E-state index contributed by atoms with van der Waals surface area (Å²) in [5, 5.41) is 10.6. The van der Waals surface area contributed by atoms with Crippen LogP contribution in [0.5, 0.6) is 0 Å². The van der Waals surface area contributed by atoms with E-state index in [0.29, 0.717) is 29.4 Å². The van der Waals surface area contributed by atoms with Crippen LogP contribution in [0.25, 0.3) is 0 Å². The lowest BCUT2D eigenvalue weighted by atomic mass is 10.1. The molecule has 0 spiro atoms. The molecule has 0 radical (unpaired) electrons. The van der Waals surface area contributed by atoms with E-state index in [1.807, 2.05) is 24.3 Å². The van der Waals surface area contributed by atoms with Crippen molar-refractivity contribution >= 4 is 21.4 Å². The zero-order chi connectivity index (χ0) is 17.0. The van der Waals surface area contributed by atoms with Gasteiger partial charge >= 0.3 is 0 Å². The minimum atomic E-state index is -3.36. The third-order valence-electron chi connectivity index (χ3n) is 4.13. The SMILES string of the molecule is N#Cc1ccc(CN2CCCN(S(=O)(=O)c3cccs3)CC2)cc1. The first-order valence-electron chi connectivity index (χ1n) is 7.84. The highest BCUT2D eigenvalue weighted by Crippen LogP contribution is 2.22. The van der Waals surface area contributed by atoms with Crippen LogP contribution in [0.1, 0.15) is 17.5 Å². The van der Waals surface area contributed by atoms with E-state index in [1.54, 1.807) is 21.8 Å². The van der Waals surface area contributed by atoms with E-state index >= 15 is 0 Å². The molecule has 1 aromatic carbocycles. The maximum atomic E-state index is 12.6. The van der Waals surface area contributed by atoms with Crippen LogP contribution in [-0.2, 0) is 16.6 Å². The van der Waals surface area contributed by atoms with Crippen molar-refractivity contribution in [2.24, 2.45) is 0 Å². The summed E-state index contributed by atoms with van der Waals surface area (Å²) >= 11 is 1.27. The van der Waals surface area contributed by atoms with Gasteiger partial charge in [0.05, 0.1) is 11.6 Å². The van der Waals surface area contributed by atoms with Gasteiger partial charge in [-0.05, 0) is 42.1 Å². The molecule has 0 unspecified atom stereocenters. The second-order valence-corrected chi connectivity index (χ2v) is 8.89. The Balaban J connectivity index is 1.64. The van der Waals surface area contributed by atoms with Gasteiger partial charge in [-0.1, -0.05) is 18.2 Å². The van der Waals surface area contributed by atoms with Crippen LogP contribution in [0, 0.1) is 11.3 Å². The van der Waals surface area contributed by atoms with Crippen LogP contribution in [0.15, 0.2) is 46.0 Å². The molecule has 0 saturated carbocycles. The third-order valence-corrected chi connectivity index (χ3v) is 7.40. The molecule has 0 amide bonds. The molecule has 7 heteroatoms. The predicted molar refractivity (Wildman–Crippen MR) is 94.1 cm³/mol. The van der Waals surface area contributed by atoms with Gasteiger partial charge in [0.25, 0.3) is 10.0 Å². The number of nitriles is 1. The molecule has 0 N–H and O–H groups in total. The van der Waals surface area contributed by atoms with E-state index in [9.17, 15) is 8.42 Å². The zero-order valence-electron chi connectivity index (χ0n) is 13.3. The standard InChI is InChI=1S/C17H19N3O2S2/c18-13-15-4-6-16(7-5-15)14-19-8-2-9-20(11-10-19)24(21,22)17-3-1-12-23-17/h1,3-7,12H,2,8-11,14H2. The van der Waals surface area contributed by atoms with Gasteiger partial charge in [0.1, 0.15) is 4.21 Å². The van der Waals surface area contributed by atoms with Gasteiger partial charge < -0.3 is 0 Å². The summed E-state index contributed by atoms with van der Waals surface area (Å²) in [7, 11) is -3.36. The first-order chi connectivity index (χ1) is 11.6. The van der Waals surface area contributed by atoms with E-state index in [0.717, 1.165) is 25.1 Å². The third kappa shape index (κ3) is 3.84. The Labute approximate surface area is 146 Å². The molecule has 5 nitrogen and oxygen atoms in total. The van der Waals surface area contributed by atoms with Crippen molar-refractivity contribution in [1.29, 1.82) is 5.26 Å². The second-order valence-electron chi connectivity index (χ2n) is 5.77. The Hall–Kier alpha value is -1.72. The number of nitrogens with zero attached hydrogens (tertiary/aromatic N) is 3. The maximum absolute atomic E-state index is 12.6. The molecule has 1 saturated heterocycles. The van der Waals surface area contributed by atoms with Crippen molar-refractivity contribution in [2.75, 3.05) is 26.2 Å². The summed E-state index contributed by atoms with van der Waals surface area (Å²) in [6.45, 7) is 3.43. The Morgan fingerprint density at radius 3 is 2.54 bits per heavy atom. The molecule has 0 atom stereocenters. The Morgan fingerprint density at radius 2 is 1.88 bits per heavy atom. The normalized spacial score (nSPS) is 17.3. The van der Waals surface area contributed by atoms with E-state index < -0.39 is 10.0 Å². The van der Waals surface area contributed by atoms with Crippen LogP contribution in [0.3, 0.4) is 0 Å². The fourth-order valence-corrected chi connectivity index (χ4v) is 5.44. The monoisotopic (exact) mass is 361 g/mol. The Morgan fingerprint density at radius 1 is 1.08 bits per heavy atom. The number of rotatable bonds is 4. The van der Waals surface area contributed by atoms with E-state index in [2.05, 4.69) is 11.0 Å². The zero-order valence-corrected chi connectivity index (χ0v) is 14.9. The molecular formula is C17H19N3O2S2. The Bertz CT molecular complexity index is 809. The highest BCUT2D eigenvalue weighted by Gasteiger charge is 2.27. The fourth-order valence-electron chi connectivity index (χ4n) is 2.83. The summed E-state index contributed by atoms with van der Waals surface area (Å²) in [6.07, 6.45) is 0.820. The molecule has 0 aliphatic carbocycles. The molecular weight excluding hydrogens is 342 g/mol. The fraction of sp³-hybridized carbons (Fsp3) is 0.353. The largest absolute Gasteiger partial charge is 0.298 e. The number of sulfonamides is 1. The maximum Gasteiger partial charge on any atom is 0.252 e. The molecule has 1 aromatic heterocycles. The topological polar surface area (TPSA) is 64.4 Å². The summed E-state index contributed by atoms with van der Waals surface area (Å²) in [5.41, 5.74) is 1.80. The van der Waals surface area contributed by atoms with Crippen LogP contribution in [0.2, 0.25) is 0 Å². The van der Waals surface area contributed by atoms with E-state index in [4.69, 9.17) is 5.26 Å². The van der Waals surface area contributed by atoms with Gasteiger partial charge in [-0.3, -0.25) is 4.90 Å². The highest BCUT2D eigenvalue weighted by atomic mass is 32.2. The van der Waals surface area contributed by atoms with Crippen molar-refractivity contribution in [2.45, 2.75) is 17.2 Å². The summed E-state index contributed by atoms with van der Waals surface area (Å²) in [6, 6.07) is 13.1. The molecule has 3 rings (SSSR count). The van der Waals surface area contributed by atoms with Gasteiger partial charge in [-0.25, -0.2) is 8.42 Å². The van der Waals surface area contributed by atoms with Crippen LogP contribution >= 0.6 is 11.3 Å². The summed E-state index contributed by atoms with van der Waals surface area (Å²) in [5.74, 6) is 0. The van der Waals surface area contributed by atoms with Gasteiger partial charge in [-0.2, -0.15) is 9.57 Å².